The van der Waals surface area contributed by atoms with Crippen LogP contribution < -0.4 is 5.73 Å². The second kappa shape index (κ2) is 1.36. The summed E-state index contributed by atoms with van der Waals surface area (Å²) in [5.41, 5.74) is 5.00. The van der Waals surface area contributed by atoms with Gasteiger partial charge in [-0.05, 0) is 12.9 Å². The van der Waals surface area contributed by atoms with Gasteiger partial charge in [0, 0.05) is 0 Å². The third-order valence-electron chi connectivity index (χ3n) is 0. The molecule has 0 spiro atoms. The molecule has 1 atom stereocenters. The van der Waals surface area contributed by atoms with E-state index >= 15 is 0 Å². The first-order chi connectivity index (χ1) is 1.73. The lowest BCUT2D eigenvalue weighted by molar-refractivity contribution is 1.14. The van der Waals surface area contributed by atoms with Gasteiger partial charge in [0.1, 0.15) is 7.85 Å². The van der Waals surface area contributed by atoms with Crippen LogP contribution in [0.25, 0.3) is 0 Å². The third kappa shape index (κ3) is 3420. The minimum absolute atomic E-state index is 0.0833. The van der Waals surface area contributed by atoms with E-state index in [4.69, 9.17) is 5.73 Å². The molecule has 0 fully saturated rings. The molecule has 2 N–H and O–H groups in total. The largest absolute Gasteiger partial charge is 0.335 e. The summed E-state index contributed by atoms with van der Waals surface area (Å²) in [6.07, 6.45) is 0. The number of rotatable bonds is 0. The summed E-state index contributed by atoms with van der Waals surface area (Å²) >= 11 is 0. The summed E-state index contributed by atoms with van der Waals surface area (Å²) in [6, 6.07) is 0. The Labute approximate surface area is 27.6 Å². The third-order valence-corrected chi connectivity index (χ3v) is 0. The smallest absolute Gasteiger partial charge is 0.123 e. The van der Waals surface area contributed by atoms with Crippen molar-refractivity contribution >= 4 is 7.85 Å². The molecule has 23 valence electrons. The molecule has 0 rings (SSSR count). The van der Waals surface area contributed by atoms with Gasteiger partial charge < -0.3 is 5.73 Å². The quantitative estimate of drug-likeness (QED) is 0.344. The molecule has 0 bridgehead atoms. The first kappa shape index (κ1) is 4.02. The second-order valence-electron chi connectivity index (χ2n) is 0.977. The average molecular weight is 55.9 g/mol. The van der Waals surface area contributed by atoms with Crippen molar-refractivity contribution in [2.45, 2.75) is 5.94 Å². The van der Waals surface area contributed by atoms with Crippen molar-refractivity contribution in [3.8, 4) is 0 Å². The van der Waals surface area contributed by atoms with Gasteiger partial charge in [-0.25, -0.2) is 0 Å². The minimum Gasteiger partial charge on any atom is -0.335 e. The van der Waals surface area contributed by atoms with Crippen molar-refractivity contribution in [1.82, 2.24) is 0 Å². The lowest BCUT2D eigenvalue weighted by Gasteiger charge is -1.80. The van der Waals surface area contributed by atoms with E-state index in [1.807, 2.05) is 7.85 Å². The monoisotopic (exact) mass is 56.1 g/mol. The van der Waals surface area contributed by atoms with Crippen LogP contribution in [-0.4, -0.2) is 13.8 Å². The molecule has 0 aliphatic heterocycles. The van der Waals surface area contributed by atoms with E-state index < -0.39 is 0 Å². The molecular weight excluding hydrogens is 48.8 g/mol. The highest BCUT2D eigenvalue weighted by Gasteiger charge is 1.69. The van der Waals surface area contributed by atoms with Crippen molar-refractivity contribution in [2.24, 2.45) is 5.73 Å². The van der Waals surface area contributed by atoms with Crippen LogP contribution in [0.4, 0.5) is 0 Å². The van der Waals surface area contributed by atoms with Crippen LogP contribution in [0.3, 0.4) is 0 Å². The van der Waals surface area contributed by atoms with E-state index in [1.165, 1.54) is 0 Å². The SMILES string of the molecule is BC([CH2])N. The maximum Gasteiger partial charge on any atom is 0.123 e. The maximum atomic E-state index is 5.00. The summed E-state index contributed by atoms with van der Waals surface area (Å²) in [7, 11) is 1.83. The molecule has 0 saturated heterocycles. The fraction of sp³-hybridized carbons (Fsp3) is 0.500. The highest BCUT2D eigenvalue weighted by atomic mass is 14.5. The topological polar surface area (TPSA) is 26.0 Å². The van der Waals surface area contributed by atoms with E-state index in [0.29, 0.717) is 0 Å². The minimum atomic E-state index is 0.0833. The van der Waals surface area contributed by atoms with Gasteiger partial charge in [0.25, 0.3) is 0 Å². The molecule has 0 heterocycles. The molecule has 0 aromatic heterocycles. The predicted octanol–water partition coefficient (Wildman–Crippen LogP) is -1.26. The Bertz CT molecular complexity index is 10.8. The first-order valence-corrected chi connectivity index (χ1v) is 1.32. The number of hydrogen-bond donors (Lipinski definition) is 1. The molecule has 0 aliphatic carbocycles. The van der Waals surface area contributed by atoms with E-state index in [9.17, 15) is 0 Å². The zero-order valence-electron chi connectivity index (χ0n) is 2.86. The Hall–Kier alpha value is 0.0249. The van der Waals surface area contributed by atoms with Gasteiger partial charge in [0.2, 0.25) is 0 Å². The Morgan fingerprint density at radius 2 is 2.00 bits per heavy atom. The Morgan fingerprint density at radius 1 is 2.00 bits per heavy atom. The highest BCUT2D eigenvalue weighted by Crippen LogP contribution is 1.46. The molecule has 1 unspecified atom stereocenters. The zero-order chi connectivity index (χ0) is 3.58. The van der Waals surface area contributed by atoms with E-state index in [-0.39, 0.29) is 5.94 Å². The van der Waals surface area contributed by atoms with Crippen LogP contribution in [0.1, 0.15) is 0 Å². The number of hydrogen-bond acceptors (Lipinski definition) is 1. The maximum absolute atomic E-state index is 5.00. The highest BCUT2D eigenvalue weighted by molar-refractivity contribution is 6.11. The molecule has 4 heavy (non-hydrogen) atoms. The van der Waals surface area contributed by atoms with Gasteiger partial charge in [-0.3, -0.25) is 0 Å². The van der Waals surface area contributed by atoms with E-state index in [2.05, 4.69) is 6.92 Å². The van der Waals surface area contributed by atoms with Crippen LogP contribution in [0, 0.1) is 6.92 Å². The van der Waals surface area contributed by atoms with E-state index in [0.717, 1.165) is 0 Å². The van der Waals surface area contributed by atoms with Crippen LogP contribution in [0.2, 0.25) is 0 Å². The lowest BCUT2D eigenvalue weighted by Crippen LogP contribution is -2.13. The van der Waals surface area contributed by atoms with Gasteiger partial charge in [-0.2, -0.15) is 0 Å². The van der Waals surface area contributed by atoms with E-state index in [1.54, 1.807) is 0 Å². The van der Waals surface area contributed by atoms with Gasteiger partial charge in [0.15, 0.2) is 0 Å². The van der Waals surface area contributed by atoms with Crippen LogP contribution in [0.5, 0.6) is 0 Å². The molecule has 2 heteroatoms. The van der Waals surface area contributed by atoms with Crippen molar-refractivity contribution < 1.29 is 0 Å². The fourth-order valence-electron chi connectivity index (χ4n) is 0. The fourth-order valence-corrected chi connectivity index (χ4v) is 0. The zero-order valence-corrected chi connectivity index (χ0v) is 2.86. The van der Waals surface area contributed by atoms with Gasteiger partial charge >= 0.3 is 0 Å². The summed E-state index contributed by atoms with van der Waals surface area (Å²) in [6.45, 7) is 3.42. The summed E-state index contributed by atoms with van der Waals surface area (Å²) in [5, 5.41) is 0. The lowest BCUT2D eigenvalue weighted by atomic mass is 10.0. The predicted molar refractivity (Wildman–Crippen MR) is 21.9 cm³/mol. The molecule has 0 amide bonds. The molecule has 0 aliphatic rings. The second-order valence-corrected chi connectivity index (χ2v) is 0.977. The molecule has 0 aromatic rings. The summed E-state index contributed by atoms with van der Waals surface area (Å²) in [5.74, 6) is 0.0833. The van der Waals surface area contributed by atoms with Crippen LogP contribution >= 0.6 is 0 Å². The molecule has 1 radical (unpaired) electrons. The normalized spacial score (nSPS) is 15.5. The Kier molecular flexibility index (Phi) is 1.36. The average Bonchev–Trinajstić information content (AvgIpc) is 0.811. The van der Waals surface area contributed by atoms with Gasteiger partial charge in [-0.1, -0.05) is 0 Å². The molecule has 0 saturated carbocycles. The van der Waals surface area contributed by atoms with Crippen molar-refractivity contribution in [3.05, 3.63) is 6.92 Å². The van der Waals surface area contributed by atoms with Crippen molar-refractivity contribution in [1.29, 1.82) is 0 Å². The first-order valence-electron chi connectivity index (χ1n) is 1.32. The van der Waals surface area contributed by atoms with Crippen LogP contribution in [0.15, 0.2) is 0 Å². The number of nitrogens with two attached hydrogens (primary N) is 1. The summed E-state index contributed by atoms with van der Waals surface area (Å²) in [4.78, 5) is 0. The molecule has 1 nitrogen and oxygen atoms in total. The molecule has 0 aromatic carbocycles. The van der Waals surface area contributed by atoms with Crippen molar-refractivity contribution in [3.63, 3.8) is 0 Å². The summed E-state index contributed by atoms with van der Waals surface area (Å²) < 4.78 is 0. The Balaban J connectivity index is 2.32. The van der Waals surface area contributed by atoms with Crippen molar-refractivity contribution in [2.75, 3.05) is 0 Å². The van der Waals surface area contributed by atoms with Gasteiger partial charge in [0.05, 0.1) is 0 Å². The molecular formula is C2H7BN. The van der Waals surface area contributed by atoms with Crippen LogP contribution in [-0.2, 0) is 0 Å². The standard InChI is InChI=1S/C2H7BN/c1-2(3)4/h2H,1,3-4H2. The Morgan fingerprint density at radius 3 is 2.00 bits per heavy atom. The van der Waals surface area contributed by atoms with Gasteiger partial charge in [-0.15, -0.1) is 0 Å².